The van der Waals surface area contributed by atoms with Crippen LogP contribution in [0.1, 0.15) is 50.3 Å². The largest absolute Gasteiger partial charge is 0.393 e. The van der Waals surface area contributed by atoms with Crippen molar-refractivity contribution in [3.05, 3.63) is 35.8 Å². The van der Waals surface area contributed by atoms with Crippen LogP contribution in [0.2, 0.25) is 0 Å². The number of aromatic nitrogens is 4. The molecule has 0 radical (unpaired) electrons. The Balaban J connectivity index is 1.63. The summed E-state index contributed by atoms with van der Waals surface area (Å²) in [6, 6.07) is -3.00. The molecule has 1 aliphatic carbocycles. The van der Waals surface area contributed by atoms with Crippen LogP contribution < -0.4 is 10.6 Å². The lowest BCUT2D eigenvalue weighted by atomic mass is 9.93. The maximum atomic E-state index is 14.4. The van der Waals surface area contributed by atoms with Crippen LogP contribution in [0.3, 0.4) is 0 Å². The van der Waals surface area contributed by atoms with Gasteiger partial charge in [0, 0.05) is 35.7 Å². The molecule has 1 saturated carbocycles. The van der Waals surface area contributed by atoms with Crippen LogP contribution in [0, 0.1) is 17.5 Å². The van der Waals surface area contributed by atoms with Gasteiger partial charge in [0.15, 0.2) is 17.3 Å². The van der Waals surface area contributed by atoms with Crippen LogP contribution in [0.5, 0.6) is 0 Å². The molecule has 0 spiro atoms. The van der Waals surface area contributed by atoms with Crippen molar-refractivity contribution in [2.45, 2.75) is 50.1 Å². The normalized spacial score (nSPS) is 36.3. The molecule has 2 fully saturated rings. The number of hydrogen-bond donors (Lipinski definition) is 3. The highest BCUT2D eigenvalue weighted by molar-refractivity contribution is 5.76. The van der Waals surface area contributed by atoms with E-state index in [0.717, 1.165) is 6.20 Å². The summed E-state index contributed by atoms with van der Waals surface area (Å²) in [7, 11) is 0. The van der Waals surface area contributed by atoms with Gasteiger partial charge in [0.25, 0.3) is 0 Å². The summed E-state index contributed by atoms with van der Waals surface area (Å²) in [5.41, 5.74) is -0.734. The van der Waals surface area contributed by atoms with Crippen molar-refractivity contribution < 1.29 is 35.4 Å². The van der Waals surface area contributed by atoms with Crippen LogP contribution in [-0.4, -0.2) is 50.0 Å². The highest BCUT2D eigenvalue weighted by Crippen LogP contribution is 2.32. The number of rotatable bonds is 5. The van der Waals surface area contributed by atoms with Crippen molar-refractivity contribution in [1.29, 1.82) is 0 Å². The van der Waals surface area contributed by atoms with Crippen LogP contribution in [0.4, 0.5) is 30.8 Å². The standard InChI is InChI=1S/C21H23F3N6O2/c22-11-7-15(23)18(16(24)8-11)28-21-27-17-9-25-20(26-12-1-3-14(31)4-2-12)29-19(17)30(21)13-5-6-32-10-13/h7-9,12-14,31H,1-6,10H2,(H,27,28)(H,25,26,29)/i1D2,2D2,3D2,4D2,12D. The van der Waals surface area contributed by atoms with Crippen LogP contribution in [0.15, 0.2) is 18.3 Å². The lowest BCUT2D eigenvalue weighted by molar-refractivity contribution is 0.126. The molecule has 1 aromatic carbocycles. The van der Waals surface area contributed by atoms with Crippen molar-refractivity contribution in [2.24, 2.45) is 0 Å². The number of benzene rings is 1. The van der Waals surface area contributed by atoms with E-state index in [-0.39, 0.29) is 23.7 Å². The molecule has 170 valence electrons. The van der Waals surface area contributed by atoms with Gasteiger partial charge in [0.05, 0.1) is 26.3 Å². The Hall–Kier alpha value is -2.92. The molecule has 3 heterocycles. The highest BCUT2D eigenvalue weighted by Gasteiger charge is 2.27. The quantitative estimate of drug-likeness (QED) is 0.538. The Morgan fingerprint density at radius 1 is 1.16 bits per heavy atom. The fourth-order valence-corrected chi connectivity index (χ4v) is 3.41. The molecule has 3 aromatic rings. The SMILES string of the molecule is [2H]C1([2H])C(O)C([2H])([2H])C([2H])([2H])C([2H])(Nc2ncc3nc(Nc4c(F)cc(F)cc4F)n(C4CCOC4)c3n2)C1([2H])[2H]. The number of imidazole rings is 1. The van der Waals surface area contributed by atoms with E-state index in [4.69, 9.17) is 17.1 Å². The third-order valence-corrected chi connectivity index (χ3v) is 4.85. The fourth-order valence-electron chi connectivity index (χ4n) is 3.41. The van der Waals surface area contributed by atoms with Crippen LogP contribution in [0.25, 0.3) is 11.2 Å². The third kappa shape index (κ3) is 4.09. The number of aliphatic hydroxyl groups is 1. The number of fused-ring (bicyclic) bond motifs is 1. The fraction of sp³-hybridized carbons (Fsp3) is 0.476. The number of nitrogens with zero attached hydrogens (tertiary/aromatic N) is 4. The molecular formula is C21H23F3N6O2. The van der Waals surface area contributed by atoms with Gasteiger partial charge < -0.3 is 20.5 Å². The van der Waals surface area contributed by atoms with E-state index in [2.05, 4.69) is 25.6 Å². The molecule has 32 heavy (non-hydrogen) atoms. The molecule has 1 aliphatic heterocycles. The van der Waals surface area contributed by atoms with E-state index in [1.165, 1.54) is 4.57 Å². The number of anilines is 3. The maximum absolute atomic E-state index is 14.4. The molecule has 1 unspecified atom stereocenters. The maximum Gasteiger partial charge on any atom is 0.224 e. The minimum atomic E-state index is -3.54. The second kappa shape index (κ2) is 8.55. The first-order valence-corrected chi connectivity index (χ1v) is 9.57. The van der Waals surface area contributed by atoms with E-state index >= 15 is 0 Å². The Bertz CT molecular complexity index is 1470. The molecule has 5 rings (SSSR count). The zero-order valence-corrected chi connectivity index (χ0v) is 16.3. The zero-order chi connectivity index (χ0) is 30.3. The second-order valence-electron chi connectivity index (χ2n) is 7.04. The lowest BCUT2D eigenvalue weighted by Gasteiger charge is -2.26. The first-order chi connectivity index (χ1) is 18.9. The van der Waals surface area contributed by atoms with Crippen molar-refractivity contribution >= 4 is 28.7 Å². The van der Waals surface area contributed by atoms with Gasteiger partial charge in [-0.2, -0.15) is 4.98 Å². The van der Waals surface area contributed by atoms with Gasteiger partial charge in [-0.15, -0.1) is 0 Å². The Morgan fingerprint density at radius 3 is 2.59 bits per heavy atom. The van der Waals surface area contributed by atoms with Crippen molar-refractivity contribution in [3.63, 3.8) is 0 Å². The number of halogens is 3. The molecule has 0 amide bonds. The van der Waals surface area contributed by atoms with E-state index in [9.17, 15) is 18.3 Å². The molecule has 1 saturated heterocycles. The molecule has 1 atom stereocenters. The number of hydrogen-bond acceptors (Lipinski definition) is 7. The van der Waals surface area contributed by atoms with E-state index < -0.39 is 72.7 Å². The zero-order valence-electron chi connectivity index (χ0n) is 25.3. The van der Waals surface area contributed by atoms with E-state index in [0.29, 0.717) is 25.2 Å². The average Bonchev–Trinajstić information content (AvgIpc) is 3.51. The molecule has 11 heteroatoms. The Morgan fingerprint density at radius 2 is 1.91 bits per heavy atom. The van der Waals surface area contributed by atoms with Crippen molar-refractivity contribution in [3.8, 4) is 0 Å². The highest BCUT2D eigenvalue weighted by atomic mass is 19.1. The molecular weight excluding hydrogens is 425 g/mol. The molecule has 3 N–H and O–H groups in total. The minimum Gasteiger partial charge on any atom is -0.393 e. The summed E-state index contributed by atoms with van der Waals surface area (Å²) < 4.78 is 123. The monoisotopic (exact) mass is 457 g/mol. The lowest BCUT2D eigenvalue weighted by Crippen LogP contribution is -2.29. The Labute approximate surface area is 194 Å². The first kappa shape index (κ1) is 12.9. The molecule has 2 aliphatic rings. The summed E-state index contributed by atoms with van der Waals surface area (Å²) >= 11 is 0. The van der Waals surface area contributed by atoms with E-state index in [1.54, 1.807) is 0 Å². The Kier molecular flexibility index (Phi) is 3.46. The van der Waals surface area contributed by atoms with Gasteiger partial charge >= 0.3 is 0 Å². The molecule has 2 aromatic heterocycles. The van der Waals surface area contributed by atoms with Gasteiger partial charge in [0.2, 0.25) is 11.9 Å². The summed E-state index contributed by atoms with van der Waals surface area (Å²) in [5, 5.41) is 14.8. The van der Waals surface area contributed by atoms with Gasteiger partial charge in [-0.05, 0) is 31.9 Å². The van der Waals surface area contributed by atoms with E-state index in [1.807, 2.05) is 0 Å². The van der Waals surface area contributed by atoms with Crippen LogP contribution in [-0.2, 0) is 4.74 Å². The topological polar surface area (TPSA) is 97.1 Å². The summed E-state index contributed by atoms with van der Waals surface area (Å²) in [5.74, 6) is -4.43. The van der Waals surface area contributed by atoms with Gasteiger partial charge in [0.1, 0.15) is 17.0 Å². The van der Waals surface area contributed by atoms with Gasteiger partial charge in [-0.25, -0.2) is 23.1 Å². The smallest absolute Gasteiger partial charge is 0.224 e. The third-order valence-electron chi connectivity index (χ3n) is 4.85. The van der Waals surface area contributed by atoms with Crippen LogP contribution >= 0.6 is 0 Å². The average molecular weight is 458 g/mol. The molecule has 0 bridgehead atoms. The van der Waals surface area contributed by atoms with Crippen molar-refractivity contribution in [2.75, 3.05) is 23.8 Å². The van der Waals surface area contributed by atoms with Gasteiger partial charge in [-0.1, -0.05) is 0 Å². The first-order valence-electron chi connectivity index (χ1n) is 14.1. The minimum absolute atomic E-state index is 0.0302. The number of nitrogens with one attached hydrogen (secondary N) is 2. The van der Waals surface area contributed by atoms with Crippen molar-refractivity contribution in [1.82, 2.24) is 19.5 Å². The predicted octanol–water partition coefficient (Wildman–Crippen LogP) is 3.66. The summed E-state index contributed by atoms with van der Waals surface area (Å²) in [4.78, 5) is 12.4. The number of aliphatic hydroxyl groups excluding tert-OH is 1. The summed E-state index contributed by atoms with van der Waals surface area (Å²) in [6.07, 6.45) is -15.3. The van der Waals surface area contributed by atoms with Gasteiger partial charge in [-0.3, -0.25) is 4.57 Å². The second-order valence-corrected chi connectivity index (χ2v) is 7.04. The summed E-state index contributed by atoms with van der Waals surface area (Å²) in [6.45, 7) is 0.426. The molecule has 8 nitrogen and oxygen atoms in total. The number of ether oxygens (including phenoxy) is 1. The predicted molar refractivity (Wildman–Crippen MR) is 111 cm³/mol.